The highest BCUT2D eigenvalue weighted by Gasteiger charge is 2.27. The van der Waals surface area contributed by atoms with Gasteiger partial charge in [0.2, 0.25) is 5.91 Å². The maximum Gasteiger partial charge on any atom is 0.227 e. The molecule has 0 atom stereocenters. The molecule has 1 heterocycles. The number of halogens is 1. The summed E-state index contributed by atoms with van der Waals surface area (Å²) in [6, 6.07) is 8.48. The van der Waals surface area contributed by atoms with Crippen molar-refractivity contribution in [2.75, 3.05) is 46.4 Å². The molecule has 0 aromatic heterocycles. The van der Waals surface area contributed by atoms with Crippen LogP contribution >= 0.6 is 24.0 Å². The van der Waals surface area contributed by atoms with Gasteiger partial charge in [-0.05, 0) is 31.9 Å². The Morgan fingerprint density at radius 3 is 2.41 bits per heavy atom. The average Bonchev–Trinajstić information content (AvgIpc) is 2.70. The lowest BCUT2D eigenvalue weighted by Crippen LogP contribution is -2.47. The van der Waals surface area contributed by atoms with Crippen LogP contribution in [0.5, 0.6) is 0 Å². The van der Waals surface area contributed by atoms with Gasteiger partial charge in [-0.25, -0.2) is 0 Å². The maximum absolute atomic E-state index is 12.2. The Morgan fingerprint density at radius 2 is 1.79 bits per heavy atom. The number of nitrogens with one attached hydrogen (secondary N) is 3. The standard InChI is InChI=1S/C21H35N5O2.HI/c1-5-23-19(27)21(2,3)16-25-20(22-4)24-14-17-8-6-7-9-18(17)15-26-10-12-28-13-11-26;/h6-9H,5,10-16H2,1-4H3,(H,23,27)(H2,22,24,25);1H. The predicted molar refractivity (Wildman–Crippen MR) is 129 cm³/mol. The number of carbonyl (C=O) groups excluding carboxylic acids is 1. The minimum absolute atomic E-state index is 0. The monoisotopic (exact) mass is 517 g/mol. The van der Waals surface area contributed by atoms with Crippen molar-refractivity contribution in [3.8, 4) is 0 Å². The van der Waals surface area contributed by atoms with Crippen LogP contribution in [-0.2, 0) is 22.6 Å². The highest BCUT2D eigenvalue weighted by molar-refractivity contribution is 14.0. The molecule has 1 aromatic rings. The third-order valence-electron chi connectivity index (χ3n) is 4.94. The van der Waals surface area contributed by atoms with Gasteiger partial charge in [-0.3, -0.25) is 14.7 Å². The first-order valence-corrected chi connectivity index (χ1v) is 10.1. The van der Waals surface area contributed by atoms with E-state index in [0.29, 0.717) is 25.6 Å². The summed E-state index contributed by atoms with van der Waals surface area (Å²) in [7, 11) is 1.74. The summed E-state index contributed by atoms with van der Waals surface area (Å²) < 4.78 is 5.44. The SMILES string of the molecule is CCNC(=O)C(C)(C)CNC(=NC)NCc1ccccc1CN1CCOCC1.I. The Morgan fingerprint density at radius 1 is 1.14 bits per heavy atom. The molecule has 0 aliphatic carbocycles. The van der Waals surface area contributed by atoms with E-state index in [1.807, 2.05) is 20.8 Å². The number of rotatable bonds is 8. The maximum atomic E-state index is 12.2. The zero-order valence-electron chi connectivity index (χ0n) is 18.1. The second-order valence-electron chi connectivity index (χ2n) is 7.68. The van der Waals surface area contributed by atoms with Gasteiger partial charge >= 0.3 is 0 Å². The zero-order chi connectivity index (χ0) is 20.4. The first-order valence-electron chi connectivity index (χ1n) is 10.1. The van der Waals surface area contributed by atoms with Crippen LogP contribution in [-0.4, -0.2) is 63.2 Å². The van der Waals surface area contributed by atoms with Crippen LogP contribution in [0.2, 0.25) is 0 Å². The Bertz CT molecular complexity index is 660. The van der Waals surface area contributed by atoms with Crippen LogP contribution < -0.4 is 16.0 Å². The molecule has 0 spiro atoms. The summed E-state index contributed by atoms with van der Waals surface area (Å²) in [5.74, 6) is 0.729. The number of amides is 1. The molecule has 1 fully saturated rings. The van der Waals surface area contributed by atoms with Crippen molar-refractivity contribution < 1.29 is 9.53 Å². The molecule has 29 heavy (non-hydrogen) atoms. The number of carbonyl (C=O) groups is 1. The molecule has 1 amide bonds. The van der Waals surface area contributed by atoms with E-state index >= 15 is 0 Å². The Hall–Kier alpha value is -1.39. The first-order chi connectivity index (χ1) is 13.5. The molecule has 8 heteroatoms. The summed E-state index contributed by atoms with van der Waals surface area (Å²) in [6.07, 6.45) is 0. The van der Waals surface area contributed by atoms with Gasteiger partial charge in [0, 0.05) is 46.3 Å². The number of aliphatic imine (C=N–C) groups is 1. The summed E-state index contributed by atoms with van der Waals surface area (Å²) in [5.41, 5.74) is 2.05. The van der Waals surface area contributed by atoms with Gasteiger partial charge in [0.25, 0.3) is 0 Å². The minimum atomic E-state index is -0.512. The Balaban J connectivity index is 0.00000420. The fourth-order valence-electron chi connectivity index (χ4n) is 3.07. The normalized spacial score (nSPS) is 15.4. The summed E-state index contributed by atoms with van der Waals surface area (Å²) in [4.78, 5) is 18.9. The fourth-order valence-corrected chi connectivity index (χ4v) is 3.07. The number of ether oxygens (including phenoxy) is 1. The van der Waals surface area contributed by atoms with Gasteiger partial charge < -0.3 is 20.7 Å². The Kier molecular flexibility index (Phi) is 11.5. The average molecular weight is 517 g/mol. The van der Waals surface area contributed by atoms with Crippen molar-refractivity contribution >= 4 is 35.8 Å². The lowest BCUT2D eigenvalue weighted by atomic mass is 9.92. The van der Waals surface area contributed by atoms with E-state index in [1.54, 1.807) is 7.05 Å². The van der Waals surface area contributed by atoms with Crippen LogP contribution in [0.3, 0.4) is 0 Å². The minimum Gasteiger partial charge on any atom is -0.379 e. The van der Waals surface area contributed by atoms with Crippen molar-refractivity contribution in [1.29, 1.82) is 0 Å². The molecule has 1 saturated heterocycles. The van der Waals surface area contributed by atoms with Crippen LogP contribution in [0.15, 0.2) is 29.3 Å². The smallest absolute Gasteiger partial charge is 0.227 e. The second kappa shape index (κ2) is 13.0. The Labute approximate surface area is 192 Å². The molecule has 1 aliphatic rings. The molecule has 3 N–H and O–H groups in total. The van der Waals surface area contributed by atoms with Crippen molar-refractivity contribution in [3.63, 3.8) is 0 Å². The largest absolute Gasteiger partial charge is 0.379 e. The predicted octanol–water partition coefficient (Wildman–Crippen LogP) is 1.96. The molecular formula is C21H36IN5O2. The zero-order valence-corrected chi connectivity index (χ0v) is 20.4. The summed E-state index contributed by atoms with van der Waals surface area (Å²) in [5, 5.41) is 9.52. The van der Waals surface area contributed by atoms with Gasteiger partial charge in [-0.2, -0.15) is 0 Å². The van der Waals surface area contributed by atoms with E-state index in [9.17, 15) is 4.79 Å². The van der Waals surface area contributed by atoms with E-state index in [4.69, 9.17) is 4.74 Å². The van der Waals surface area contributed by atoms with Crippen LogP contribution in [0.25, 0.3) is 0 Å². The fraction of sp³-hybridized carbons (Fsp3) is 0.619. The van der Waals surface area contributed by atoms with Gasteiger partial charge in [0.15, 0.2) is 5.96 Å². The molecule has 0 bridgehead atoms. The summed E-state index contributed by atoms with van der Waals surface area (Å²) in [6.45, 7) is 12.1. The quantitative estimate of drug-likeness (QED) is 0.279. The van der Waals surface area contributed by atoms with Gasteiger partial charge in [0.1, 0.15) is 0 Å². The molecule has 7 nitrogen and oxygen atoms in total. The molecule has 164 valence electrons. The molecule has 1 aliphatic heterocycles. The first kappa shape index (κ1) is 25.6. The third kappa shape index (κ3) is 8.47. The van der Waals surface area contributed by atoms with Crippen molar-refractivity contribution in [2.45, 2.75) is 33.9 Å². The van der Waals surface area contributed by atoms with Crippen molar-refractivity contribution in [1.82, 2.24) is 20.9 Å². The van der Waals surface area contributed by atoms with Gasteiger partial charge in [-0.15, -0.1) is 24.0 Å². The number of benzene rings is 1. The van der Waals surface area contributed by atoms with Gasteiger partial charge in [-0.1, -0.05) is 24.3 Å². The summed E-state index contributed by atoms with van der Waals surface area (Å²) >= 11 is 0. The molecule has 0 saturated carbocycles. The van der Waals surface area contributed by atoms with Crippen molar-refractivity contribution in [3.05, 3.63) is 35.4 Å². The molecule has 0 radical (unpaired) electrons. The van der Waals surface area contributed by atoms with Crippen molar-refractivity contribution in [2.24, 2.45) is 10.4 Å². The number of hydrogen-bond acceptors (Lipinski definition) is 4. The van der Waals surface area contributed by atoms with Crippen LogP contribution in [0, 0.1) is 5.41 Å². The molecule has 1 aromatic carbocycles. The second-order valence-corrected chi connectivity index (χ2v) is 7.68. The topological polar surface area (TPSA) is 78.0 Å². The van der Waals surface area contributed by atoms with E-state index in [2.05, 4.69) is 50.1 Å². The lowest BCUT2D eigenvalue weighted by Gasteiger charge is -2.27. The molecular weight excluding hydrogens is 481 g/mol. The number of nitrogens with zero attached hydrogens (tertiary/aromatic N) is 2. The number of hydrogen-bond donors (Lipinski definition) is 3. The number of morpholine rings is 1. The highest BCUT2D eigenvalue weighted by Crippen LogP contribution is 2.14. The van der Waals surface area contributed by atoms with Gasteiger partial charge in [0.05, 0.1) is 18.6 Å². The van der Waals surface area contributed by atoms with Crippen LogP contribution in [0.1, 0.15) is 31.9 Å². The van der Waals surface area contributed by atoms with E-state index in [1.165, 1.54) is 11.1 Å². The highest BCUT2D eigenvalue weighted by atomic mass is 127. The third-order valence-corrected chi connectivity index (χ3v) is 4.94. The van der Waals surface area contributed by atoms with E-state index < -0.39 is 5.41 Å². The lowest BCUT2D eigenvalue weighted by molar-refractivity contribution is -0.128. The van der Waals surface area contributed by atoms with E-state index in [-0.39, 0.29) is 29.9 Å². The number of guanidine groups is 1. The molecule has 2 rings (SSSR count). The van der Waals surface area contributed by atoms with Crippen LogP contribution in [0.4, 0.5) is 0 Å². The van der Waals surface area contributed by atoms with E-state index in [0.717, 1.165) is 32.8 Å². The molecule has 0 unspecified atom stereocenters.